The summed E-state index contributed by atoms with van der Waals surface area (Å²) >= 11 is 5.16. The van der Waals surface area contributed by atoms with Gasteiger partial charge in [0.15, 0.2) is 14.6 Å². The molecule has 4 nitrogen and oxygen atoms in total. The van der Waals surface area contributed by atoms with E-state index in [1.807, 2.05) is 17.7 Å². The Morgan fingerprint density at radius 1 is 1.67 bits per heavy atom. The lowest BCUT2D eigenvalue weighted by Crippen LogP contribution is -2.13. The van der Waals surface area contributed by atoms with Gasteiger partial charge in [0.1, 0.15) is 0 Å². The lowest BCUT2D eigenvalue weighted by molar-refractivity contribution is 0.531. The van der Waals surface area contributed by atoms with Gasteiger partial charge >= 0.3 is 0 Å². The third-order valence-corrected chi connectivity index (χ3v) is 4.89. The van der Waals surface area contributed by atoms with Gasteiger partial charge in [0.05, 0.1) is 17.5 Å². The normalized spacial score (nSPS) is 24.5. The Kier molecular flexibility index (Phi) is 2.72. The average molecular weight is 246 g/mol. The van der Waals surface area contributed by atoms with Crippen molar-refractivity contribution in [2.45, 2.75) is 25.8 Å². The first-order valence-corrected chi connectivity index (χ1v) is 7.25. The SMILES string of the molecule is CCc1c[nH]c(=S)n1C1CCS(=O)(=O)C1. The number of nitrogens with one attached hydrogen (secondary N) is 1. The molecule has 0 amide bonds. The van der Waals surface area contributed by atoms with Crippen LogP contribution in [0.4, 0.5) is 0 Å². The second kappa shape index (κ2) is 3.75. The molecule has 15 heavy (non-hydrogen) atoms. The zero-order chi connectivity index (χ0) is 11.1. The molecule has 1 aromatic heterocycles. The van der Waals surface area contributed by atoms with Crippen molar-refractivity contribution in [3.63, 3.8) is 0 Å². The largest absolute Gasteiger partial charge is 0.337 e. The zero-order valence-electron chi connectivity index (χ0n) is 8.56. The van der Waals surface area contributed by atoms with E-state index in [-0.39, 0.29) is 17.5 Å². The fourth-order valence-corrected chi connectivity index (χ4v) is 4.09. The van der Waals surface area contributed by atoms with E-state index in [4.69, 9.17) is 12.2 Å². The Morgan fingerprint density at radius 2 is 2.40 bits per heavy atom. The summed E-state index contributed by atoms with van der Waals surface area (Å²) in [7, 11) is -2.84. The molecule has 1 fully saturated rings. The summed E-state index contributed by atoms with van der Waals surface area (Å²) in [6, 6.07) is 0.0312. The fraction of sp³-hybridized carbons (Fsp3) is 0.667. The Morgan fingerprint density at radius 3 is 2.93 bits per heavy atom. The molecule has 84 valence electrons. The van der Waals surface area contributed by atoms with Crippen molar-refractivity contribution in [1.29, 1.82) is 0 Å². The average Bonchev–Trinajstić information content (AvgIpc) is 2.69. The number of hydrogen-bond donors (Lipinski definition) is 1. The molecule has 0 aromatic carbocycles. The molecule has 1 unspecified atom stereocenters. The Bertz CT molecular complexity index is 512. The monoisotopic (exact) mass is 246 g/mol. The maximum absolute atomic E-state index is 11.4. The van der Waals surface area contributed by atoms with E-state index in [9.17, 15) is 8.42 Å². The number of hydrogen-bond acceptors (Lipinski definition) is 3. The summed E-state index contributed by atoms with van der Waals surface area (Å²) in [5.41, 5.74) is 1.09. The van der Waals surface area contributed by atoms with Crippen LogP contribution in [0.5, 0.6) is 0 Å². The second-order valence-corrected chi connectivity index (χ2v) is 6.48. The van der Waals surface area contributed by atoms with Crippen molar-refractivity contribution in [1.82, 2.24) is 9.55 Å². The summed E-state index contributed by atoms with van der Waals surface area (Å²) in [6.07, 6.45) is 3.42. The van der Waals surface area contributed by atoms with E-state index in [0.29, 0.717) is 11.2 Å². The van der Waals surface area contributed by atoms with Crippen LogP contribution >= 0.6 is 12.2 Å². The predicted octanol–water partition coefficient (Wildman–Crippen LogP) is 1.47. The lowest BCUT2D eigenvalue weighted by atomic mass is 10.2. The zero-order valence-corrected chi connectivity index (χ0v) is 10.2. The van der Waals surface area contributed by atoms with Gasteiger partial charge in [-0.1, -0.05) is 6.92 Å². The molecule has 1 aliphatic heterocycles. The molecule has 2 rings (SSSR count). The highest BCUT2D eigenvalue weighted by atomic mass is 32.2. The van der Waals surface area contributed by atoms with Gasteiger partial charge in [0.2, 0.25) is 0 Å². The van der Waals surface area contributed by atoms with Gasteiger partial charge in [-0.15, -0.1) is 0 Å². The number of H-pyrrole nitrogens is 1. The minimum atomic E-state index is -2.84. The molecule has 1 atom stereocenters. The standard InChI is InChI=1S/C9H14N2O2S2/c1-2-7-5-10-9(14)11(7)8-3-4-15(12,13)6-8/h5,8H,2-4,6H2,1H3,(H,10,14). The first kappa shape index (κ1) is 10.9. The molecule has 2 heterocycles. The highest BCUT2D eigenvalue weighted by Gasteiger charge is 2.30. The van der Waals surface area contributed by atoms with Crippen LogP contribution in [0.3, 0.4) is 0 Å². The summed E-state index contributed by atoms with van der Waals surface area (Å²) in [5, 5.41) is 0. The fourth-order valence-electron chi connectivity index (χ4n) is 2.07. The number of imidazole rings is 1. The third-order valence-electron chi connectivity index (χ3n) is 2.83. The van der Waals surface area contributed by atoms with Gasteiger partial charge in [0.25, 0.3) is 0 Å². The van der Waals surface area contributed by atoms with Gasteiger partial charge in [-0.2, -0.15) is 0 Å². The minimum absolute atomic E-state index is 0.0312. The predicted molar refractivity (Wildman–Crippen MR) is 61.3 cm³/mol. The van der Waals surface area contributed by atoms with Gasteiger partial charge in [0, 0.05) is 11.9 Å². The maximum Gasteiger partial charge on any atom is 0.177 e. The van der Waals surface area contributed by atoms with Crippen molar-refractivity contribution >= 4 is 22.1 Å². The first-order valence-electron chi connectivity index (χ1n) is 5.02. The summed E-state index contributed by atoms with van der Waals surface area (Å²) in [6.45, 7) is 2.04. The van der Waals surface area contributed by atoms with Crippen LogP contribution in [-0.4, -0.2) is 29.5 Å². The Labute approximate surface area is 94.2 Å². The van der Waals surface area contributed by atoms with E-state index in [2.05, 4.69) is 4.98 Å². The topological polar surface area (TPSA) is 54.9 Å². The number of rotatable bonds is 2. The van der Waals surface area contributed by atoms with E-state index < -0.39 is 9.84 Å². The van der Waals surface area contributed by atoms with E-state index in [1.54, 1.807) is 0 Å². The molecule has 0 aliphatic carbocycles. The van der Waals surface area contributed by atoms with Crippen LogP contribution in [0.1, 0.15) is 25.1 Å². The smallest absolute Gasteiger partial charge is 0.177 e. The van der Waals surface area contributed by atoms with Crippen LogP contribution in [0.25, 0.3) is 0 Å². The van der Waals surface area contributed by atoms with Crippen LogP contribution in [0.15, 0.2) is 6.20 Å². The highest BCUT2D eigenvalue weighted by Crippen LogP contribution is 2.25. The molecule has 1 aromatic rings. The van der Waals surface area contributed by atoms with Crippen molar-refractivity contribution in [3.8, 4) is 0 Å². The quantitative estimate of drug-likeness (QED) is 0.804. The van der Waals surface area contributed by atoms with Crippen molar-refractivity contribution in [3.05, 3.63) is 16.7 Å². The molecule has 0 spiro atoms. The molecule has 0 radical (unpaired) electrons. The lowest BCUT2D eigenvalue weighted by Gasteiger charge is -2.12. The van der Waals surface area contributed by atoms with Gasteiger partial charge in [-0.05, 0) is 25.1 Å². The summed E-state index contributed by atoms with van der Waals surface area (Å²) < 4.78 is 25.4. The molecule has 1 N–H and O–H groups in total. The number of nitrogens with zero attached hydrogens (tertiary/aromatic N) is 1. The molecule has 1 aliphatic rings. The number of aryl methyl sites for hydroxylation is 1. The Balaban J connectivity index is 2.39. The highest BCUT2D eigenvalue weighted by molar-refractivity contribution is 7.91. The van der Waals surface area contributed by atoms with Crippen LogP contribution < -0.4 is 0 Å². The molecular weight excluding hydrogens is 232 g/mol. The van der Waals surface area contributed by atoms with Gasteiger partial charge < -0.3 is 9.55 Å². The summed E-state index contributed by atoms with van der Waals surface area (Å²) in [4.78, 5) is 2.98. The molecule has 0 bridgehead atoms. The van der Waals surface area contributed by atoms with Crippen molar-refractivity contribution in [2.24, 2.45) is 0 Å². The third kappa shape index (κ3) is 2.01. The van der Waals surface area contributed by atoms with E-state index in [1.165, 1.54) is 0 Å². The van der Waals surface area contributed by atoms with Crippen LogP contribution in [0, 0.1) is 4.77 Å². The molecule has 0 saturated carbocycles. The van der Waals surface area contributed by atoms with E-state index >= 15 is 0 Å². The first-order chi connectivity index (χ1) is 7.03. The molecule has 1 saturated heterocycles. The number of aromatic nitrogens is 2. The number of aromatic amines is 1. The van der Waals surface area contributed by atoms with Crippen molar-refractivity contribution in [2.75, 3.05) is 11.5 Å². The Hall–Kier alpha value is -0.620. The van der Waals surface area contributed by atoms with Crippen molar-refractivity contribution < 1.29 is 8.42 Å². The van der Waals surface area contributed by atoms with E-state index in [0.717, 1.165) is 12.1 Å². The van der Waals surface area contributed by atoms with Crippen LogP contribution in [-0.2, 0) is 16.3 Å². The van der Waals surface area contributed by atoms with Crippen LogP contribution in [0.2, 0.25) is 0 Å². The maximum atomic E-state index is 11.4. The molecule has 6 heteroatoms. The summed E-state index contributed by atoms with van der Waals surface area (Å²) in [5.74, 6) is 0.514. The second-order valence-electron chi connectivity index (χ2n) is 3.87. The van der Waals surface area contributed by atoms with Gasteiger partial charge in [-0.3, -0.25) is 0 Å². The minimum Gasteiger partial charge on any atom is -0.337 e. The number of sulfone groups is 1. The molecular formula is C9H14N2O2S2. The van der Waals surface area contributed by atoms with Gasteiger partial charge in [-0.25, -0.2) is 8.42 Å².